The number of nitrogens with one attached hydrogen (secondary N) is 3. The second-order valence-corrected chi connectivity index (χ2v) is 6.71. The van der Waals surface area contributed by atoms with Crippen molar-refractivity contribution in [3.8, 4) is 0 Å². The van der Waals surface area contributed by atoms with Gasteiger partial charge in [-0.1, -0.05) is 30.7 Å². The van der Waals surface area contributed by atoms with E-state index in [0.717, 1.165) is 18.7 Å². The van der Waals surface area contributed by atoms with Gasteiger partial charge in [-0.3, -0.25) is 4.79 Å². The first kappa shape index (κ1) is 17.3. The molecule has 1 atom stereocenters. The standard InChI is InChI=1S/C17H26ClN3O/c1-3-7-20-8-10-21(11-9-20)13-17(22)19-14(2)15-5-4-6-16(18)12-15/h4-6,12,14H,3,7-11,13H2,1-2H3,(H,19,22)/p+2/t14-/m1/s1. The van der Waals surface area contributed by atoms with Gasteiger partial charge >= 0.3 is 0 Å². The fraction of sp³-hybridized carbons (Fsp3) is 0.588. The van der Waals surface area contributed by atoms with Crippen LogP contribution in [0.4, 0.5) is 0 Å². The number of hydrogen-bond donors (Lipinski definition) is 3. The van der Waals surface area contributed by atoms with Gasteiger partial charge < -0.3 is 15.1 Å². The third-order valence-corrected chi connectivity index (χ3v) is 4.64. The highest BCUT2D eigenvalue weighted by molar-refractivity contribution is 6.30. The first-order valence-corrected chi connectivity index (χ1v) is 8.68. The zero-order chi connectivity index (χ0) is 15.9. The Bertz CT molecular complexity index is 487. The molecule has 0 aromatic heterocycles. The predicted molar refractivity (Wildman–Crippen MR) is 89.4 cm³/mol. The Morgan fingerprint density at radius 3 is 2.59 bits per heavy atom. The van der Waals surface area contributed by atoms with Crippen molar-refractivity contribution in [2.75, 3.05) is 39.3 Å². The van der Waals surface area contributed by atoms with Crippen LogP contribution in [0, 0.1) is 0 Å². The van der Waals surface area contributed by atoms with Crippen molar-refractivity contribution < 1.29 is 14.6 Å². The normalized spacial score (nSPS) is 23.0. The summed E-state index contributed by atoms with van der Waals surface area (Å²) in [5.41, 5.74) is 1.05. The van der Waals surface area contributed by atoms with Crippen molar-refractivity contribution in [3.05, 3.63) is 34.9 Å². The Hall–Kier alpha value is -1.10. The molecule has 1 aromatic rings. The van der Waals surface area contributed by atoms with Crippen LogP contribution in [0.15, 0.2) is 24.3 Å². The van der Waals surface area contributed by atoms with Crippen LogP contribution in [0.3, 0.4) is 0 Å². The first-order valence-electron chi connectivity index (χ1n) is 8.30. The molecule has 2 rings (SSSR count). The highest BCUT2D eigenvalue weighted by Gasteiger charge is 2.24. The average molecular weight is 326 g/mol. The smallest absolute Gasteiger partial charge is 0.275 e. The lowest BCUT2D eigenvalue weighted by molar-refractivity contribution is -1.01. The van der Waals surface area contributed by atoms with Gasteiger partial charge in [0.05, 0.1) is 12.6 Å². The van der Waals surface area contributed by atoms with Gasteiger partial charge in [-0.15, -0.1) is 0 Å². The molecule has 1 saturated heterocycles. The van der Waals surface area contributed by atoms with E-state index in [2.05, 4.69) is 12.2 Å². The summed E-state index contributed by atoms with van der Waals surface area (Å²) in [6.07, 6.45) is 1.24. The lowest BCUT2D eigenvalue weighted by Crippen LogP contribution is -3.28. The maximum atomic E-state index is 12.2. The van der Waals surface area contributed by atoms with E-state index in [0.29, 0.717) is 11.6 Å². The number of halogens is 1. The number of carbonyl (C=O) groups is 1. The van der Waals surface area contributed by atoms with Crippen LogP contribution < -0.4 is 15.1 Å². The molecule has 122 valence electrons. The second-order valence-electron chi connectivity index (χ2n) is 6.27. The summed E-state index contributed by atoms with van der Waals surface area (Å²) in [6.45, 7) is 10.6. The molecular weight excluding hydrogens is 298 g/mol. The van der Waals surface area contributed by atoms with E-state index in [1.165, 1.54) is 31.0 Å². The molecule has 0 aliphatic carbocycles. The molecule has 0 unspecified atom stereocenters. The highest BCUT2D eigenvalue weighted by atomic mass is 35.5. The molecule has 0 spiro atoms. The van der Waals surface area contributed by atoms with Gasteiger partial charge in [-0.05, 0) is 31.0 Å². The van der Waals surface area contributed by atoms with E-state index < -0.39 is 0 Å². The Kier molecular flexibility index (Phi) is 6.68. The molecule has 1 fully saturated rings. The Balaban J connectivity index is 1.76. The topological polar surface area (TPSA) is 38.0 Å². The molecule has 1 heterocycles. The molecule has 3 N–H and O–H groups in total. The number of hydrogen-bond acceptors (Lipinski definition) is 1. The molecule has 1 aliphatic heterocycles. The number of benzene rings is 1. The molecule has 4 nitrogen and oxygen atoms in total. The summed E-state index contributed by atoms with van der Waals surface area (Å²) >= 11 is 6.00. The van der Waals surface area contributed by atoms with Gasteiger partial charge in [0.1, 0.15) is 26.2 Å². The molecule has 22 heavy (non-hydrogen) atoms. The van der Waals surface area contributed by atoms with Gasteiger partial charge in [0, 0.05) is 5.02 Å². The Labute approximate surface area is 138 Å². The van der Waals surface area contributed by atoms with Crippen molar-refractivity contribution in [2.45, 2.75) is 26.3 Å². The van der Waals surface area contributed by atoms with E-state index in [1.54, 1.807) is 4.90 Å². The van der Waals surface area contributed by atoms with E-state index in [9.17, 15) is 4.79 Å². The minimum atomic E-state index is -0.00222. The molecule has 5 heteroatoms. The van der Waals surface area contributed by atoms with Gasteiger partial charge in [0.15, 0.2) is 6.54 Å². The van der Waals surface area contributed by atoms with Crippen molar-refractivity contribution in [2.24, 2.45) is 0 Å². The van der Waals surface area contributed by atoms with Crippen molar-refractivity contribution in [1.82, 2.24) is 5.32 Å². The van der Waals surface area contributed by atoms with Crippen LogP contribution >= 0.6 is 11.6 Å². The number of piperazine rings is 1. The van der Waals surface area contributed by atoms with Gasteiger partial charge in [-0.2, -0.15) is 0 Å². The fourth-order valence-corrected chi connectivity index (χ4v) is 3.32. The van der Waals surface area contributed by atoms with Crippen molar-refractivity contribution in [3.63, 3.8) is 0 Å². The van der Waals surface area contributed by atoms with E-state index in [4.69, 9.17) is 11.6 Å². The molecule has 0 saturated carbocycles. The molecule has 0 radical (unpaired) electrons. The van der Waals surface area contributed by atoms with Gasteiger partial charge in [0.25, 0.3) is 5.91 Å². The van der Waals surface area contributed by atoms with Crippen molar-refractivity contribution >= 4 is 17.5 Å². The lowest BCUT2D eigenvalue weighted by Gasteiger charge is -2.29. The van der Waals surface area contributed by atoms with E-state index in [-0.39, 0.29) is 11.9 Å². The van der Waals surface area contributed by atoms with Crippen LogP contribution in [0.5, 0.6) is 0 Å². The SMILES string of the molecule is CCC[NH+]1CC[NH+](CC(=O)N[C@H](C)c2cccc(Cl)c2)CC1. The number of quaternary nitrogens is 2. The monoisotopic (exact) mass is 325 g/mol. The zero-order valence-corrected chi connectivity index (χ0v) is 14.4. The quantitative estimate of drug-likeness (QED) is 0.661. The summed E-state index contributed by atoms with van der Waals surface area (Å²) in [7, 11) is 0. The third-order valence-electron chi connectivity index (χ3n) is 4.40. The summed E-state index contributed by atoms with van der Waals surface area (Å²) < 4.78 is 0. The second kappa shape index (κ2) is 8.51. The number of carbonyl (C=O) groups excluding carboxylic acids is 1. The number of amides is 1. The van der Waals surface area contributed by atoms with Crippen LogP contribution in [0.1, 0.15) is 31.9 Å². The Morgan fingerprint density at radius 1 is 1.27 bits per heavy atom. The predicted octanol–water partition coefficient (Wildman–Crippen LogP) is -0.289. The first-order chi connectivity index (χ1) is 10.6. The van der Waals surface area contributed by atoms with Crippen LogP contribution in [0.2, 0.25) is 5.02 Å². The lowest BCUT2D eigenvalue weighted by atomic mass is 10.1. The van der Waals surface area contributed by atoms with E-state index >= 15 is 0 Å². The maximum Gasteiger partial charge on any atom is 0.275 e. The maximum absolute atomic E-state index is 12.2. The Morgan fingerprint density at radius 2 is 1.95 bits per heavy atom. The summed E-state index contributed by atoms with van der Waals surface area (Å²) in [4.78, 5) is 15.3. The summed E-state index contributed by atoms with van der Waals surface area (Å²) in [5, 5.41) is 3.79. The molecule has 1 amide bonds. The molecule has 0 bridgehead atoms. The van der Waals surface area contributed by atoms with Crippen LogP contribution in [-0.2, 0) is 4.79 Å². The van der Waals surface area contributed by atoms with Crippen LogP contribution in [0.25, 0.3) is 0 Å². The molecule has 1 aliphatic rings. The average Bonchev–Trinajstić information content (AvgIpc) is 2.49. The molecular formula is C17H28ClN3O+2. The van der Waals surface area contributed by atoms with E-state index in [1.807, 2.05) is 31.2 Å². The zero-order valence-electron chi connectivity index (χ0n) is 13.6. The van der Waals surface area contributed by atoms with Gasteiger partial charge in [0.2, 0.25) is 0 Å². The third kappa shape index (κ3) is 5.27. The minimum absolute atomic E-state index is 0.00222. The van der Waals surface area contributed by atoms with Crippen LogP contribution in [-0.4, -0.2) is 45.2 Å². The summed E-state index contributed by atoms with van der Waals surface area (Å²) in [5.74, 6) is 0.126. The molecule has 1 aromatic carbocycles. The van der Waals surface area contributed by atoms with Crippen molar-refractivity contribution in [1.29, 1.82) is 0 Å². The summed E-state index contributed by atoms with van der Waals surface area (Å²) in [6, 6.07) is 7.67. The number of rotatable bonds is 6. The largest absolute Gasteiger partial charge is 0.345 e. The van der Waals surface area contributed by atoms with Gasteiger partial charge in [-0.25, -0.2) is 0 Å². The minimum Gasteiger partial charge on any atom is -0.345 e. The fourth-order valence-electron chi connectivity index (χ4n) is 3.12. The highest BCUT2D eigenvalue weighted by Crippen LogP contribution is 2.16.